The van der Waals surface area contributed by atoms with Crippen LogP contribution in [-0.4, -0.2) is 30.5 Å². The Morgan fingerprint density at radius 1 is 1.62 bits per heavy atom. The van der Waals surface area contributed by atoms with Gasteiger partial charge in [-0.2, -0.15) is 0 Å². The van der Waals surface area contributed by atoms with Crippen molar-refractivity contribution in [3.8, 4) is 12.3 Å². The molecule has 1 saturated heterocycles. The van der Waals surface area contributed by atoms with Gasteiger partial charge in [-0.25, -0.2) is 0 Å². The molecule has 1 aliphatic heterocycles. The zero-order chi connectivity index (χ0) is 9.73. The van der Waals surface area contributed by atoms with Crippen molar-refractivity contribution in [1.29, 1.82) is 0 Å². The fraction of sp³-hybridized carbons (Fsp3) is 0.625. The van der Waals surface area contributed by atoms with Gasteiger partial charge < -0.3 is 9.47 Å². The van der Waals surface area contributed by atoms with Crippen LogP contribution in [0.3, 0.4) is 0 Å². The van der Waals surface area contributed by atoms with Crippen molar-refractivity contribution in [2.24, 2.45) is 0 Å². The van der Waals surface area contributed by atoms with Crippen LogP contribution in [-0.2, 0) is 30.1 Å². The van der Waals surface area contributed by atoms with Gasteiger partial charge in [-0.05, 0) is 0 Å². The van der Waals surface area contributed by atoms with Crippen molar-refractivity contribution in [3.63, 3.8) is 0 Å². The van der Waals surface area contributed by atoms with E-state index in [0.717, 1.165) is 0 Å². The third-order valence-electron chi connectivity index (χ3n) is 1.77. The second kappa shape index (κ2) is 4.42. The number of hydrogen-bond donors (Lipinski definition) is 0. The molecule has 1 unspecified atom stereocenters. The zero-order valence-corrected chi connectivity index (χ0v) is 7.71. The maximum absolute atomic E-state index is 10.7. The van der Waals surface area contributed by atoms with Crippen LogP contribution in [0.2, 0.25) is 0 Å². The summed E-state index contributed by atoms with van der Waals surface area (Å²) in [5.41, 5.74) is 0. The van der Waals surface area contributed by atoms with E-state index in [1.165, 1.54) is 0 Å². The molecular formula is C8H9O4S+. The lowest BCUT2D eigenvalue weighted by molar-refractivity contribution is -0.166. The molecule has 0 radical (unpaired) electrons. The van der Waals surface area contributed by atoms with E-state index in [4.69, 9.17) is 15.9 Å². The van der Waals surface area contributed by atoms with Gasteiger partial charge in [0.25, 0.3) is 5.79 Å². The summed E-state index contributed by atoms with van der Waals surface area (Å²) in [6.07, 6.45) is 5.72. The molecule has 13 heavy (non-hydrogen) atoms. The molecule has 5 heteroatoms. The molecule has 0 spiro atoms. The quantitative estimate of drug-likeness (QED) is 0.357. The Morgan fingerprint density at radius 3 is 2.62 bits per heavy atom. The zero-order valence-electron chi connectivity index (χ0n) is 6.89. The Kier molecular flexibility index (Phi) is 3.48. The molecule has 0 bridgehead atoms. The minimum Gasteiger partial charge on any atom is -0.337 e. The van der Waals surface area contributed by atoms with E-state index in [1.807, 2.05) is 0 Å². The fourth-order valence-corrected chi connectivity index (χ4v) is 1.61. The average Bonchev–Trinajstić information content (AvgIpc) is 2.63. The summed E-state index contributed by atoms with van der Waals surface area (Å²) < 4.78 is 20.9. The van der Waals surface area contributed by atoms with Crippen molar-refractivity contribution in [1.82, 2.24) is 0 Å². The van der Waals surface area contributed by atoms with E-state index in [2.05, 4.69) is 5.92 Å². The molecule has 1 rings (SSSR count). The first kappa shape index (κ1) is 10.3. The average molecular weight is 201 g/mol. The summed E-state index contributed by atoms with van der Waals surface area (Å²) >= 11 is 0.241. The molecule has 1 heterocycles. The predicted octanol–water partition coefficient (Wildman–Crippen LogP) is -0.252. The molecule has 0 aromatic heterocycles. The lowest BCUT2D eigenvalue weighted by Gasteiger charge is -2.17. The molecule has 0 saturated carbocycles. The Balaban J connectivity index is 2.79. The van der Waals surface area contributed by atoms with Gasteiger partial charge in [0.2, 0.25) is 0 Å². The van der Waals surface area contributed by atoms with E-state index in [-0.39, 0.29) is 18.1 Å². The highest BCUT2D eigenvalue weighted by Crippen LogP contribution is 2.24. The highest BCUT2D eigenvalue weighted by atomic mass is 32.1. The summed E-state index contributed by atoms with van der Waals surface area (Å²) in [4.78, 5) is 10.7. The Labute approximate surface area is 80.1 Å². The first-order chi connectivity index (χ1) is 6.29. The monoisotopic (exact) mass is 201 g/mol. The molecule has 1 fully saturated rings. The maximum atomic E-state index is 10.7. The molecule has 0 amide bonds. The van der Waals surface area contributed by atoms with Gasteiger partial charge in [0.05, 0.1) is 19.6 Å². The van der Waals surface area contributed by atoms with Crippen molar-refractivity contribution >= 4 is 18.0 Å². The van der Waals surface area contributed by atoms with E-state index >= 15 is 0 Å². The van der Waals surface area contributed by atoms with Crippen LogP contribution < -0.4 is 0 Å². The summed E-state index contributed by atoms with van der Waals surface area (Å²) in [5, 5.41) is -0.669. The molecule has 0 aromatic carbocycles. The van der Waals surface area contributed by atoms with E-state index in [1.54, 1.807) is 0 Å². The smallest absolute Gasteiger partial charge is 0.337 e. The molecule has 0 aliphatic carbocycles. The van der Waals surface area contributed by atoms with Crippen LogP contribution >= 0.6 is 0 Å². The number of carbonyl (C=O) groups is 1. The lowest BCUT2D eigenvalue weighted by Crippen LogP contribution is -2.44. The largest absolute Gasteiger partial charge is 0.469 e. The standard InChI is InChI=1S/C8H9O4S/c1-2-3-7(13-10)8(6-9)11-4-5-12-8/h1,6-7H,3-5H2/q+1. The number of rotatable bonds is 4. The fourth-order valence-electron chi connectivity index (χ4n) is 1.12. The minimum atomic E-state index is -1.42. The molecule has 1 aliphatic rings. The Morgan fingerprint density at radius 2 is 2.23 bits per heavy atom. The maximum Gasteiger partial charge on any atom is 0.469 e. The minimum absolute atomic E-state index is 0.160. The normalized spacial score (nSPS) is 21.8. The second-order valence-electron chi connectivity index (χ2n) is 2.53. The van der Waals surface area contributed by atoms with Crippen LogP contribution in [0.25, 0.3) is 0 Å². The Bertz CT molecular complexity index is 239. The van der Waals surface area contributed by atoms with Crippen molar-refractivity contribution in [2.75, 3.05) is 13.2 Å². The molecule has 70 valence electrons. The van der Waals surface area contributed by atoms with E-state index < -0.39 is 11.0 Å². The SMILES string of the molecule is C#CCC([S+]=O)C1(C=O)OCCO1. The van der Waals surface area contributed by atoms with Gasteiger partial charge >= 0.3 is 16.9 Å². The van der Waals surface area contributed by atoms with Gasteiger partial charge in [0.15, 0.2) is 6.29 Å². The number of ether oxygens (including phenoxy) is 2. The first-order valence-corrected chi connectivity index (χ1v) is 4.56. The topological polar surface area (TPSA) is 52.6 Å². The van der Waals surface area contributed by atoms with Gasteiger partial charge in [0.1, 0.15) is 0 Å². The van der Waals surface area contributed by atoms with Gasteiger partial charge in [-0.3, -0.25) is 4.79 Å². The first-order valence-electron chi connectivity index (χ1n) is 3.75. The van der Waals surface area contributed by atoms with E-state index in [0.29, 0.717) is 19.5 Å². The molecule has 1 atom stereocenters. The highest BCUT2D eigenvalue weighted by molar-refractivity contribution is 7.66. The summed E-state index contributed by atoms with van der Waals surface area (Å²) in [7, 11) is 0. The van der Waals surface area contributed by atoms with Crippen LogP contribution in [0.5, 0.6) is 0 Å². The van der Waals surface area contributed by atoms with Crippen LogP contribution in [0.1, 0.15) is 6.42 Å². The number of hydrogen-bond acceptors (Lipinski definition) is 4. The number of carbonyl (C=O) groups excluding carboxylic acids is 1. The predicted molar refractivity (Wildman–Crippen MR) is 46.0 cm³/mol. The summed E-state index contributed by atoms with van der Waals surface area (Å²) in [6, 6.07) is 0. The number of aldehydes is 1. The highest BCUT2D eigenvalue weighted by Gasteiger charge is 2.53. The molecular weight excluding hydrogens is 192 g/mol. The lowest BCUT2D eigenvalue weighted by atomic mass is 10.1. The van der Waals surface area contributed by atoms with Crippen LogP contribution in [0.15, 0.2) is 0 Å². The van der Waals surface area contributed by atoms with E-state index in [9.17, 15) is 9.00 Å². The number of terminal acetylenes is 1. The summed E-state index contributed by atoms with van der Waals surface area (Å²) in [5.74, 6) is 0.897. The van der Waals surface area contributed by atoms with Gasteiger partial charge in [0, 0.05) is 4.21 Å². The van der Waals surface area contributed by atoms with Crippen LogP contribution in [0.4, 0.5) is 0 Å². The molecule has 0 aromatic rings. The summed E-state index contributed by atoms with van der Waals surface area (Å²) in [6.45, 7) is 0.640. The van der Waals surface area contributed by atoms with Crippen molar-refractivity contribution < 1.29 is 18.5 Å². The van der Waals surface area contributed by atoms with Crippen molar-refractivity contribution in [2.45, 2.75) is 17.5 Å². The third kappa shape index (κ3) is 1.91. The van der Waals surface area contributed by atoms with Gasteiger partial charge in [-0.1, -0.05) is 0 Å². The van der Waals surface area contributed by atoms with Crippen LogP contribution in [0, 0.1) is 12.3 Å². The Hall–Kier alpha value is -0.830. The molecule has 0 N–H and O–H groups in total. The molecule has 4 nitrogen and oxygen atoms in total. The van der Waals surface area contributed by atoms with Gasteiger partial charge in [-0.15, -0.1) is 12.3 Å². The third-order valence-corrected chi connectivity index (χ3v) is 2.50. The second-order valence-corrected chi connectivity index (χ2v) is 3.29. The van der Waals surface area contributed by atoms with Crippen molar-refractivity contribution in [3.05, 3.63) is 0 Å².